The topological polar surface area (TPSA) is 92.3 Å². The van der Waals surface area contributed by atoms with Crippen LogP contribution in [0.4, 0.5) is 5.69 Å². The Morgan fingerprint density at radius 3 is 2.23 bits per heavy atom. The van der Waals surface area contributed by atoms with Crippen molar-refractivity contribution in [1.82, 2.24) is 14.3 Å². The Morgan fingerprint density at radius 2 is 1.67 bits per heavy atom. The molecule has 7 nitrogen and oxygen atoms in total. The number of carbonyl (C=O) groups excluding carboxylic acids is 1. The molecule has 1 atom stereocenters. The highest BCUT2D eigenvalue weighted by molar-refractivity contribution is 7.89. The van der Waals surface area contributed by atoms with Gasteiger partial charge in [-0.2, -0.15) is 4.31 Å². The number of benzene rings is 2. The summed E-state index contributed by atoms with van der Waals surface area (Å²) in [6, 6.07) is 17.2. The first-order valence-corrected chi connectivity index (χ1v) is 11.1. The number of carbonyl (C=O) groups is 1. The lowest BCUT2D eigenvalue weighted by Crippen LogP contribution is -2.30. The van der Waals surface area contributed by atoms with E-state index in [0.717, 1.165) is 5.56 Å². The fraction of sp³-hybridized carbons (Fsp3) is 0.227. The molecular weight excluding hydrogens is 400 g/mol. The monoisotopic (exact) mass is 424 g/mol. The van der Waals surface area contributed by atoms with Crippen LogP contribution in [-0.4, -0.2) is 41.7 Å². The molecule has 0 radical (unpaired) electrons. The molecule has 1 amide bonds. The molecule has 1 aromatic heterocycles. The lowest BCUT2D eigenvalue weighted by atomic mass is 9.94. The van der Waals surface area contributed by atoms with E-state index in [9.17, 15) is 13.2 Å². The van der Waals surface area contributed by atoms with Crippen LogP contribution in [0.3, 0.4) is 0 Å². The van der Waals surface area contributed by atoms with Crippen LogP contribution in [-0.2, 0) is 14.8 Å². The molecule has 3 aromatic rings. The lowest BCUT2D eigenvalue weighted by molar-refractivity contribution is -0.116. The second-order valence-corrected chi connectivity index (χ2v) is 8.52. The molecule has 0 fully saturated rings. The second-order valence-electron chi connectivity index (χ2n) is 6.58. The van der Waals surface area contributed by atoms with Gasteiger partial charge in [0.15, 0.2) is 0 Å². The summed E-state index contributed by atoms with van der Waals surface area (Å²) in [5.41, 5.74) is 1.89. The van der Waals surface area contributed by atoms with Gasteiger partial charge in [-0.3, -0.25) is 4.79 Å². The maximum Gasteiger partial charge on any atom is 0.243 e. The number of hydrogen-bond acceptors (Lipinski definition) is 5. The van der Waals surface area contributed by atoms with Gasteiger partial charge in [-0.15, -0.1) is 0 Å². The fourth-order valence-electron chi connectivity index (χ4n) is 3.21. The van der Waals surface area contributed by atoms with Crippen LogP contribution >= 0.6 is 0 Å². The highest BCUT2D eigenvalue weighted by Crippen LogP contribution is 2.25. The van der Waals surface area contributed by atoms with Gasteiger partial charge in [0.25, 0.3) is 0 Å². The molecular formula is C22H24N4O3S. The fourth-order valence-corrected chi connectivity index (χ4v) is 4.67. The first-order valence-electron chi connectivity index (χ1n) is 9.69. The quantitative estimate of drug-likeness (QED) is 0.599. The van der Waals surface area contributed by atoms with Gasteiger partial charge in [0.05, 0.1) is 10.6 Å². The summed E-state index contributed by atoms with van der Waals surface area (Å²) in [6.45, 7) is 4.39. The molecule has 0 aliphatic carbocycles. The summed E-state index contributed by atoms with van der Waals surface area (Å²) in [7, 11) is -3.55. The number of amides is 1. The van der Waals surface area contributed by atoms with E-state index in [1.165, 1.54) is 22.8 Å². The van der Waals surface area contributed by atoms with Gasteiger partial charge in [0.1, 0.15) is 12.2 Å². The minimum atomic E-state index is -3.55. The van der Waals surface area contributed by atoms with Crippen LogP contribution in [0.2, 0.25) is 0 Å². The average Bonchev–Trinajstić information content (AvgIpc) is 2.76. The normalized spacial score (nSPS) is 12.5. The van der Waals surface area contributed by atoms with Crippen molar-refractivity contribution in [3.8, 4) is 0 Å². The molecule has 8 heteroatoms. The Kier molecular flexibility index (Phi) is 6.91. The maximum atomic E-state index is 13.1. The van der Waals surface area contributed by atoms with Crippen LogP contribution < -0.4 is 5.32 Å². The third-order valence-electron chi connectivity index (χ3n) is 4.76. The summed E-state index contributed by atoms with van der Waals surface area (Å²) in [5, 5.41) is 2.87. The Balaban J connectivity index is 1.85. The minimum absolute atomic E-state index is 0.194. The largest absolute Gasteiger partial charge is 0.325 e. The van der Waals surface area contributed by atoms with Crippen LogP contribution in [0.15, 0.2) is 78.1 Å². The number of rotatable bonds is 8. The van der Waals surface area contributed by atoms with Crippen molar-refractivity contribution in [1.29, 1.82) is 0 Å². The zero-order valence-corrected chi connectivity index (χ0v) is 17.7. The van der Waals surface area contributed by atoms with Crippen LogP contribution in [0.5, 0.6) is 0 Å². The molecule has 0 bridgehead atoms. The predicted octanol–water partition coefficient (Wildman–Crippen LogP) is 3.28. The van der Waals surface area contributed by atoms with Crippen molar-refractivity contribution in [2.24, 2.45) is 0 Å². The number of nitrogens with one attached hydrogen (secondary N) is 1. The molecule has 0 saturated heterocycles. The molecule has 0 spiro atoms. The van der Waals surface area contributed by atoms with Crippen LogP contribution in [0, 0.1) is 0 Å². The highest BCUT2D eigenvalue weighted by Gasteiger charge is 2.25. The van der Waals surface area contributed by atoms with Crippen LogP contribution in [0.25, 0.3) is 0 Å². The van der Waals surface area contributed by atoms with Gasteiger partial charge in [-0.05, 0) is 35.9 Å². The molecule has 0 aliphatic rings. The van der Waals surface area contributed by atoms with E-state index in [0.29, 0.717) is 24.5 Å². The summed E-state index contributed by atoms with van der Waals surface area (Å²) < 4.78 is 26.7. The summed E-state index contributed by atoms with van der Waals surface area (Å²) in [5.74, 6) is -0.882. The molecule has 2 aromatic carbocycles. The molecule has 0 aliphatic heterocycles. The minimum Gasteiger partial charge on any atom is -0.325 e. The number of nitrogens with zero attached hydrogens (tertiary/aromatic N) is 3. The maximum absolute atomic E-state index is 13.1. The third-order valence-corrected chi connectivity index (χ3v) is 6.82. The van der Waals surface area contributed by atoms with Gasteiger partial charge in [-0.25, -0.2) is 18.4 Å². The number of aromatic nitrogens is 2. The van der Waals surface area contributed by atoms with E-state index >= 15 is 0 Å². The number of anilines is 1. The van der Waals surface area contributed by atoms with E-state index in [2.05, 4.69) is 15.3 Å². The Labute approximate surface area is 176 Å². The lowest BCUT2D eigenvalue weighted by Gasteiger charge is -2.19. The summed E-state index contributed by atoms with van der Waals surface area (Å²) >= 11 is 0. The van der Waals surface area contributed by atoms with Crippen molar-refractivity contribution < 1.29 is 13.2 Å². The Morgan fingerprint density at radius 1 is 1.00 bits per heavy atom. The predicted molar refractivity (Wildman–Crippen MR) is 115 cm³/mol. The highest BCUT2D eigenvalue weighted by atomic mass is 32.2. The van der Waals surface area contributed by atoms with E-state index in [-0.39, 0.29) is 10.8 Å². The Hall–Kier alpha value is -3.10. The van der Waals surface area contributed by atoms with E-state index in [1.807, 2.05) is 30.3 Å². The standard InChI is InChI=1S/C22H24N4O3S/c1-3-26(4-2)30(28,29)19-12-10-18(11-13-19)25-22(27)21(17-8-6-5-7-9-17)20-14-15-23-16-24-20/h5-16,21H,3-4H2,1-2H3,(H,25,27). The van der Waals surface area contributed by atoms with Crippen molar-refractivity contribution >= 4 is 21.6 Å². The zero-order chi connectivity index (χ0) is 21.6. The molecule has 1 N–H and O–H groups in total. The van der Waals surface area contributed by atoms with E-state index in [4.69, 9.17) is 0 Å². The summed E-state index contributed by atoms with van der Waals surface area (Å²) in [4.78, 5) is 21.5. The van der Waals surface area contributed by atoms with E-state index < -0.39 is 15.9 Å². The first-order chi connectivity index (χ1) is 14.5. The van der Waals surface area contributed by atoms with Gasteiger partial charge in [-0.1, -0.05) is 44.2 Å². The van der Waals surface area contributed by atoms with Gasteiger partial charge in [0.2, 0.25) is 15.9 Å². The number of sulfonamides is 1. The van der Waals surface area contributed by atoms with Crippen molar-refractivity contribution in [2.45, 2.75) is 24.7 Å². The molecule has 30 heavy (non-hydrogen) atoms. The Bertz CT molecular complexity index is 1030. The van der Waals surface area contributed by atoms with Gasteiger partial charge >= 0.3 is 0 Å². The number of hydrogen-bond donors (Lipinski definition) is 1. The average molecular weight is 425 g/mol. The SMILES string of the molecule is CCN(CC)S(=O)(=O)c1ccc(NC(=O)C(c2ccccc2)c2ccncn2)cc1. The van der Waals surface area contributed by atoms with Crippen molar-refractivity contribution in [3.63, 3.8) is 0 Å². The zero-order valence-electron chi connectivity index (χ0n) is 16.9. The van der Waals surface area contributed by atoms with Gasteiger partial charge in [0, 0.05) is 25.0 Å². The second kappa shape index (κ2) is 9.60. The van der Waals surface area contributed by atoms with Gasteiger partial charge < -0.3 is 5.32 Å². The van der Waals surface area contributed by atoms with Crippen LogP contribution in [0.1, 0.15) is 31.0 Å². The van der Waals surface area contributed by atoms with Crippen molar-refractivity contribution in [3.05, 3.63) is 84.4 Å². The molecule has 1 heterocycles. The molecule has 1 unspecified atom stereocenters. The van der Waals surface area contributed by atoms with Crippen molar-refractivity contribution in [2.75, 3.05) is 18.4 Å². The summed E-state index contributed by atoms with van der Waals surface area (Å²) in [6.07, 6.45) is 3.00. The molecule has 3 rings (SSSR count). The third kappa shape index (κ3) is 4.72. The van der Waals surface area contributed by atoms with E-state index in [1.54, 1.807) is 38.2 Å². The smallest absolute Gasteiger partial charge is 0.243 e. The molecule has 0 saturated carbocycles. The molecule has 156 valence electrons. The first kappa shape index (κ1) is 21.6.